The Morgan fingerprint density at radius 1 is 1.03 bits per heavy atom. The molecule has 0 atom stereocenters. The highest BCUT2D eigenvalue weighted by atomic mass is 16.2. The lowest BCUT2D eigenvalue weighted by atomic mass is 10.2. The number of anilines is 1. The normalized spacial score (nSPS) is 10.5. The van der Waals surface area contributed by atoms with Gasteiger partial charge in [0.15, 0.2) is 0 Å². The van der Waals surface area contributed by atoms with E-state index in [9.17, 15) is 9.59 Å². The van der Waals surface area contributed by atoms with E-state index >= 15 is 0 Å². The van der Waals surface area contributed by atoms with Crippen LogP contribution in [0.1, 0.15) is 23.4 Å². The van der Waals surface area contributed by atoms with Gasteiger partial charge in [0.05, 0.1) is 11.4 Å². The molecule has 0 aliphatic heterocycles. The van der Waals surface area contributed by atoms with Gasteiger partial charge in [-0.05, 0) is 43.7 Å². The van der Waals surface area contributed by atoms with Crippen LogP contribution in [0.15, 0.2) is 60.7 Å². The first-order valence-electron chi connectivity index (χ1n) is 9.89. The number of benzene rings is 2. The second-order valence-electron chi connectivity index (χ2n) is 7.26. The van der Waals surface area contributed by atoms with Gasteiger partial charge in [-0.15, -0.1) is 0 Å². The van der Waals surface area contributed by atoms with Crippen LogP contribution in [-0.4, -0.2) is 40.2 Å². The average molecular weight is 406 g/mol. The standard InChI is InChI=1S/C23H27N5O2/c1-17-14-18(2)28(26-17)21-11-7-10-20(15-21)25-22(29)12-13-24-23(30)27(3)16-19-8-5-4-6-9-19/h4-11,14-15H,12-13,16H2,1-3H3,(H,24,30)(H,25,29). The van der Waals surface area contributed by atoms with Crippen LogP contribution in [0.3, 0.4) is 0 Å². The van der Waals surface area contributed by atoms with E-state index in [1.807, 2.05) is 79.2 Å². The summed E-state index contributed by atoms with van der Waals surface area (Å²) in [7, 11) is 1.73. The van der Waals surface area contributed by atoms with Gasteiger partial charge in [0.25, 0.3) is 0 Å². The molecule has 3 amide bonds. The number of rotatable bonds is 7. The quantitative estimate of drug-likeness (QED) is 0.630. The predicted molar refractivity (Wildman–Crippen MR) is 118 cm³/mol. The Labute approximate surface area is 176 Å². The maximum absolute atomic E-state index is 12.3. The van der Waals surface area contributed by atoms with E-state index in [2.05, 4.69) is 15.7 Å². The third kappa shape index (κ3) is 5.70. The molecule has 7 nitrogen and oxygen atoms in total. The summed E-state index contributed by atoms with van der Waals surface area (Å²) < 4.78 is 1.84. The van der Waals surface area contributed by atoms with Crippen LogP contribution in [-0.2, 0) is 11.3 Å². The van der Waals surface area contributed by atoms with Crippen LogP contribution >= 0.6 is 0 Å². The molecule has 2 N–H and O–H groups in total. The van der Waals surface area contributed by atoms with Crippen molar-refractivity contribution in [2.24, 2.45) is 0 Å². The van der Waals surface area contributed by atoms with Gasteiger partial charge in [-0.1, -0.05) is 36.4 Å². The highest BCUT2D eigenvalue weighted by molar-refractivity contribution is 5.91. The molecule has 0 saturated heterocycles. The molecule has 156 valence electrons. The molecule has 7 heteroatoms. The summed E-state index contributed by atoms with van der Waals surface area (Å²) in [6, 6.07) is 19.1. The summed E-state index contributed by atoms with van der Waals surface area (Å²) in [5.74, 6) is -0.161. The Kier molecular flexibility index (Phi) is 6.85. The molecule has 0 unspecified atom stereocenters. The van der Waals surface area contributed by atoms with E-state index in [1.54, 1.807) is 11.9 Å². The van der Waals surface area contributed by atoms with Gasteiger partial charge in [0.2, 0.25) is 5.91 Å². The molecular weight excluding hydrogens is 378 g/mol. The fraction of sp³-hybridized carbons (Fsp3) is 0.261. The zero-order chi connectivity index (χ0) is 21.5. The fourth-order valence-electron chi connectivity index (χ4n) is 3.18. The molecule has 0 bridgehead atoms. The van der Waals surface area contributed by atoms with Gasteiger partial charge >= 0.3 is 6.03 Å². The van der Waals surface area contributed by atoms with Crippen LogP contribution in [0, 0.1) is 13.8 Å². The first kappa shape index (κ1) is 21.1. The van der Waals surface area contributed by atoms with E-state index in [1.165, 1.54) is 0 Å². The number of aromatic nitrogens is 2. The summed E-state index contributed by atoms with van der Waals surface area (Å²) in [4.78, 5) is 26.1. The number of aryl methyl sites for hydroxylation is 2. The Morgan fingerprint density at radius 2 is 1.80 bits per heavy atom. The van der Waals surface area contributed by atoms with Crippen molar-refractivity contribution in [1.82, 2.24) is 20.0 Å². The largest absolute Gasteiger partial charge is 0.337 e. The van der Waals surface area contributed by atoms with E-state index in [-0.39, 0.29) is 24.9 Å². The van der Waals surface area contributed by atoms with Crippen LogP contribution in [0.2, 0.25) is 0 Å². The molecule has 0 radical (unpaired) electrons. The van der Waals surface area contributed by atoms with Gasteiger partial charge in [-0.25, -0.2) is 9.48 Å². The monoisotopic (exact) mass is 405 g/mol. The van der Waals surface area contributed by atoms with Crippen LogP contribution < -0.4 is 10.6 Å². The van der Waals surface area contributed by atoms with Crippen LogP contribution in [0.4, 0.5) is 10.5 Å². The van der Waals surface area contributed by atoms with E-state index < -0.39 is 0 Å². The van der Waals surface area contributed by atoms with Crippen molar-refractivity contribution in [3.05, 3.63) is 77.6 Å². The van der Waals surface area contributed by atoms with Gasteiger partial charge in [0, 0.05) is 37.9 Å². The molecule has 3 aromatic rings. The molecule has 0 aliphatic rings. The number of amides is 3. The Morgan fingerprint density at radius 3 is 2.50 bits per heavy atom. The van der Waals surface area contributed by atoms with Gasteiger partial charge in [0.1, 0.15) is 0 Å². The predicted octanol–water partition coefficient (Wildman–Crippen LogP) is 3.66. The highest BCUT2D eigenvalue weighted by Gasteiger charge is 2.10. The van der Waals surface area contributed by atoms with E-state index in [4.69, 9.17) is 0 Å². The number of carbonyl (C=O) groups excluding carboxylic acids is 2. The fourth-order valence-corrected chi connectivity index (χ4v) is 3.18. The second-order valence-corrected chi connectivity index (χ2v) is 7.26. The number of nitrogens with zero attached hydrogens (tertiary/aromatic N) is 3. The Bertz CT molecular complexity index is 1010. The third-order valence-electron chi connectivity index (χ3n) is 4.62. The molecule has 0 aliphatic carbocycles. The summed E-state index contributed by atoms with van der Waals surface area (Å²) in [5, 5.41) is 10.1. The Balaban J connectivity index is 1.47. The molecule has 1 heterocycles. The van der Waals surface area contributed by atoms with Crippen molar-refractivity contribution in [3.63, 3.8) is 0 Å². The second kappa shape index (κ2) is 9.73. The molecule has 2 aromatic carbocycles. The zero-order valence-corrected chi connectivity index (χ0v) is 17.6. The first-order valence-corrected chi connectivity index (χ1v) is 9.89. The first-order chi connectivity index (χ1) is 14.4. The molecule has 0 spiro atoms. The number of hydrogen-bond donors (Lipinski definition) is 2. The summed E-state index contributed by atoms with van der Waals surface area (Å²) >= 11 is 0. The SMILES string of the molecule is Cc1cc(C)n(-c2cccc(NC(=O)CCNC(=O)N(C)Cc3ccccc3)c2)n1. The van der Waals surface area contributed by atoms with E-state index in [0.29, 0.717) is 12.2 Å². The summed E-state index contributed by atoms with van der Waals surface area (Å²) in [6.45, 7) is 4.71. The average Bonchev–Trinajstić information content (AvgIpc) is 3.07. The lowest BCUT2D eigenvalue weighted by molar-refractivity contribution is -0.116. The van der Waals surface area contributed by atoms with Gasteiger partial charge in [-0.3, -0.25) is 4.79 Å². The van der Waals surface area contributed by atoms with E-state index in [0.717, 1.165) is 22.6 Å². The smallest absolute Gasteiger partial charge is 0.317 e. The molecule has 0 saturated carbocycles. The summed E-state index contributed by atoms with van der Waals surface area (Å²) in [5.41, 5.74) is 4.59. The molecule has 1 aromatic heterocycles. The summed E-state index contributed by atoms with van der Waals surface area (Å²) in [6.07, 6.45) is 0.190. The van der Waals surface area contributed by atoms with Crippen molar-refractivity contribution in [1.29, 1.82) is 0 Å². The minimum absolute atomic E-state index is 0.161. The van der Waals surface area contributed by atoms with Crippen molar-refractivity contribution in [2.75, 3.05) is 18.9 Å². The highest BCUT2D eigenvalue weighted by Crippen LogP contribution is 2.17. The number of urea groups is 1. The minimum atomic E-state index is -0.210. The van der Waals surface area contributed by atoms with Crippen molar-refractivity contribution in [3.8, 4) is 5.69 Å². The molecular formula is C23H27N5O2. The van der Waals surface area contributed by atoms with Crippen LogP contribution in [0.25, 0.3) is 5.69 Å². The number of carbonyl (C=O) groups is 2. The number of nitrogens with one attached hydrogen (secondary N) is 2. The van der Waals surface area contributed by atoms with Gasteiger partial charge < -0.3 is 15.5 Å². The van der Waals surface area contributed by atoms with Gasteiger partial charge in [-0.2, -0.15) is 5.10 Å². The third-order valence-corrected chi connectivity index (χ3v) is 4.62. The maximum Gasteiger partial charge on any atom is 0.317 e. The lowest BCUT2D eigenvalue weighted by Gasteiger charge is -2.18. The zero-order valence-electron chi connectivity index (χ0n) is 17.6. The lowest BCUT2D eigenvalue weighted by Crippen LogP contribution is -2.38. The van der Waals surface area contributed by atoms with Crippen molar-refractivity contribution in [2.45, 2.75) is 26.8 Å². The molecule has 3 rings (SSSR count). The van der Waals surface area contributed by atoms with Crippen LogP contribution in [0.5, 0.6) is 0 Å². The molecule has 30 heavy (non-hydrogen) atoms. The Hall–Kier alpha value is -3.61. The minimum Gasteiger partial charge on any atom is -0.337 e. The van der Waals surface area contributed by atoms with Crippen molar-refractivity contribution >= 4 is 17.6 Å². The van der Waals surface area contributed by atoms with Crippen molar-refractivity contribution < 1.29 is 9.59 Å². The topological polar surface area (TPSA) is 79.3 Å². The number of hydrogen-bond acceptors (Lipinski definition) is 3. The maximum atomic E-state index is 12.3. The molecule has 0 fully saturated rings.